The number of hydrogen-bond acceptors (Lipinski definition) is 6. The van der Waals surface area contributed by atoms with Crippen LogP contribution in [0.15, 0.2) is 18.2 Å². The molecule has 0 radical (unpaired) electrons. The van der Waals surface area contributed by atoms with Gasteiger partial charge in [0.05, 0.1) is 6.04 Å². The summed E-state index contributed by atoms with van der Waals surface area (Å²) in [5, 5.41) is 32.5. The molecule has 0 saturated carbocycles. The van der Waals surface area contributed by atoms with E-state index in [1.165, 1.54) is 0 Å². The number of carboxylic acids is 2. The van der Waals surface area contributed by atoms with Crippen molar-refractivity contribution in [2.45, 2.75) is 45.9 Å². The SMILES string of the molecule is Cc1cccc(C)c1N(C)C(=O)[C@H](N)C(C)C.O=C(O)[C@@H](O)[C@H](O)C(=O)O. The highest BCUT2D eigenvalue weighted by molar-refractivity contribution is 5.98. The van der Waals surface area contributed by atoms with E-state index in [1.54, 1.807) is 11.9 Å². The van der Waals surface area contributed by atoms with Crippen LogP contribution in [0.4, 0.5) is 5.69 Å². The first-order chi connectivity index (χ1) is 12.3. The highest BCUT2D eigenvalue weighted by atomic mass is 16.4. The van der Waals surface area contributed by atoms with E-state index in [0.717, 1.165) is 16.8 Å². The Kier molecular flexibility index (Phi) is 9.63. The molecule has 0 aromatic heterocycles. The molecule has 0 bridgehead atoms. The van der Waals surface area contributed by atoms with E-state index >= 15 is 0 Å². The van der Waals surface area contributed by atoms with Gasteiger partial charge < -0.3 is 31.1 Å². The van der Waals surface area contributed by atoms with Gasteiger partial charge in [0.1, 0.15) is 0 Å². The Balaban J connectivity index is 0.000000580. The van der Waals surface area contributed by atoms with Crippen LogP contribution >= 0.6 is 0 Å². The van der Waals surface area contributed by atoms with E-state index in [1.807, 2.05) is 45.9 Å². The van der Waals surface area contributed by atoms with Gasteiger partial charge in [-0.25, -0.2) is 9.59 Å². The summed E-state index contributed by atoms with van der Waals surface area (Å²) in [4.78, 5) is 33.4. The van der Waals surface area contributed by atoms with Crippen molar-refractivity contribution in [2.24, 2.45) is 11.7 Å². The smallest absolute Gasteiger partial charge is 0.335 e. The van der Waals surface area contributed by atoms with Gasteiger partial charge >= 0.3 is 11.9 Å². The number of aliphatic hydroxyl groups is 2. The molecule has 1 aromatic carbocycles. The van der Waals surface area contributed by atoms with Crippen molar-refractivity contribution < 1.29 is 34.8 Å². The Morgan fingerprint density at radius 1 is 0.963 bits per heavy atom. The van der Waals surface area contributed by atoms with Gasteiger partial charge in [-0.15, -0.1) is 0 Å². The van der Waals surface area contributed by atoms with Crippen LogP contribution in [0.5, 0.6) is 0 Å². The van der Waals surface area contributed by atoms with Gasteiger partial charge in [-0.05, 0) is 30.9 Å². The van der Waals surface area contributed by atoms with Crippen LogP contribution in [-0.2, 0) is 14.4 Å². The quantitative estimate of drug-likeness (QED) is 0.462. The van der Waals surface area contributed by atoms with Crippen LogP contribution in [0.2, 0.25) is 0 Å². The summed E-state index contributed by atoms with van der Waals surface area (Å²) in [7, 11) is 1.79. The van der Waals surface area contributed by atoms with Gasteiger partial charge in [-0.3, -0.25) is 4.79 Å². The molecule has 0 unspecified atom stereocenters. The zero-order valence-electron chi connectivity index (χ0n) is 16.1. The number of para-hydroxylation sites is 1. The fourth-order valence-corrected chi connectivity index (χ4v) is 2.22. The van der Waals surface area contributed by atoms with Crippen LogP contribution in [0.1, 0.15) is 25.0 Å². The molecule has 0 aliphatic carbocycles. The number of amides is 1. The molecule has 9 nitrogen and oxygen atoms in total. The summed E-state index contributed by atoms with van der Waals surface area (Å²) in [6, 6.07) is 5.56. The first-order valence-corrected chi connectivity index (χ1v) is 8.24. The molecule has 0 heterocycles. The van der Waals surface area contributed by atoms with Gasteiger partial charge in [-0.1, -0.05) is 32.0 Å². The van der Waals surface area contributed by atoms with Gasteiger partial charge in [0, 0.05) is 12.7 Å². The second kappa shape index (κ2) is 10.6. The average molecular weight is 384 g/mol. The Bertz CT molecular complexity index is 637. The molecule has 0 aliphatic rings. The fourth-order valence-electron chi connectivity index (χ4n) is 2.22. The maximum Gasteiger partial charge on any atom is 0.335 e. The third kappa shape index (κ3) is 6.97. The summed E-state index contributed by atoms with van der Waals surface area (Å²) in [5.41, 5.74) is 9.06. The monoisotopic (exact) mass is 384 g/mol. The van der Waals surface area contributed by atoms with Gasteiger partial charge in [0.2, 0.25) is 5.91 Å². The molecule has 1 amide bonds. The van der Waals surface area contributed by atoms with E-state index in [2.05, 4.69) is 0 Å². The second-order valence-electron chi connectivity index (χ2n) is 6.47. The number of nitrogens with two attached hydrogens (primary N) is 1. The molecular formula is C18H28N2O7. The molecule has 27 heavy (non-hydrogen) atoms. The third-order valence-corrected chi connectivity index (χ3v) is 3.91. The largest absolute Gasteiger partial charge is 0.479 e. The lowest BCUT2D eigenvalue weighted by atomic mass is 10.0. The van der Waals surface area contributed by atoms with Gasteiger partial charge in [0.15, 0.2) is 12.2 Å². The van der Waals surface area contributed by atoms with Crippen molar-refractivity contribution in [3.05, 3.63) is 29.3 Å². The zero-order valence-corrected chi connectivity index (χ0v) is 16.1. The minimum absolute atomic E-state index is 0.0302. The molecule has 0 saturated heterocycles. The molecule has 1 rings (SSSR count). The average Bonchev–Trinajstić information content (AvgIpc) is 2.58. The standard InChI is InChI=1S/C14H22N2O.C4H6O6/c1-9(2)12(15)14(17)16(5)13-10(3)7-6-8-11(13)4;5-1(3(7)8)2(6)4(9)10/h6-9,12H,15H2,1-5H3;1-2,5-6H,(H,7,8)(H,9,10)/t12-;1-,2-/m10/s1. The maximum absolute atomic E-state index is 12.2. The number of aryl methyl sites for hydroxylation is 2. The molecule has 6 N–H and O–H groups in total. The first-order valence-electron chi connectivity index (χ1n) is 8.24. The highest BCUT2D eigenvalue weighted by Crippen LogP contribution is 2.24. The second-order valence-corrected chi connectivity index (χ2v) is 6.47. The van der Waals surface area contributed by atoms with E-state index in [0.29, 0.717) is 0 Å². The lowest BCUT2D eigenvalue weighted by molar-refractivity contribution is -0.165. The molecule has 1 aromatic rings. The third-order valence-electron chi connectivity index (χ3n) is 3.91. The molecule has 9 heteroatoms. The zero-order chi connectivity index (χ0) is 21.5. The molecular weight excluding hydrogens is 356 g/mol. The van der Waals surface area contributed by atoms with Crippen molar-refractivity contribution in [2.75, 3.05) is 11.9 Å². The van der Waals surface area contributed by atoms with Gasteiger partial charge in [0.25, 0.3) is 0 Å². The van der Waals surface area contributed by atoms with Crippen molar-refractivity contribution >= 4 is 23.5 Å². The minimum Gasteiger partial charge on any atom is -0.479 e. The number of aliphatic carboxylic acids is 2. The maximum atomic E-state index is 12.2. The highest BCUT2D eigenvalue weighted by Gasteiger charge is 2.29. The van der Waals surface area contributed by atoms with E-state index in [9.17, 15) is 14.4 Å². The van der Waals surface area contributed by atoms with Crippen LogP contribution in [-0.4, -0.2) is 63.6 Å². The summed E-state index contributed by atoms with van der Waals surface area (Å²) >= 11 is 0. The summed E-state index contributed by atoms with van der Waals surface area (Å²) < 4.78 is 0. The number of carbonyl (C=O) groups is 3. The predicted octanol–water partition coefficient (Wildman–Crippen LogP) is 0.127. The van der Waals surface area contributed by atoms with Crippen LogP contribution in [0.25, 0.3) is 0 Å². The van der Waals surface area contributed by atoms with Crippen LogP contribution in [0.3, 0.4) is 0 Å². The van der Waals surface area contributed by atoms with Crippen molar-refractivity contribution in [3.8, 4) is 0 Å². The Morgan fingerprint density at radius 3 is 1.63 bits per heavy atom. The molecule has 0 aliphatic heterocycles. The number of anilines is 1. The van der Waals surface area contributed by atoms with Crippen molar-refractivity contribution in [3.63, 3.8) is 0 Å². The van der Waals surface area contributed by atoms with Gasteiger partial charge in [-0.2, -0.15) is 0 Å². The first kappa shape index (κ1) is 24.5. The van der Waals surface area contributed by atoms with E-state index in [4.69, 9.17) is 26.2 Å². The minimum atomic E-state index is -2.27. The van der Waals surface area contributed by atoms with E-state index < -0.39 is 30.2 Å². The predicted molar refractivity (Wildman–Crippen MR) is 99.4 cm³/mol. The normalized spacial score (nSPS) is 13.8. The molecule has 0 fully saturated rings. The number of aliphatic hydroxyl groups excluding tert-OH is 2. The number of rotatable bonds is 6. The number of likely N-dealkylation sites (N-methyl/N-ethyl adjacent to an activating group) is 1. The summed E-state index contributed by atoms with van der Waals surface area (Å²) in [6.45, 7) is 7.93. The van der Waals surface area contributed by atoms with Crippen molar-refractivity contribution in [1.29, 1.82) is 0 Å². The number of benzene rings is 1. The van der Waals surface area contributed by atoms with Crippen LogP contribution < -0.4 is 10.6 Å². The molecule has 3 atom stereocenters. The molecule has 152 valence electrons. The topological polar surface area (TPSA) is 161 Å². The Hall–Kier alpha value is -2.49. The molecule has 0 spiro atoms. The number of hydrogen-bond donors (Lipinski definition) is 5. The van der Waals surface area contributed by atoms with E-state index in [-0.39, 0.29) is 11.8 Å². The van der Waals surface area contributed by atoms with Crippen LogP contribution in [0, 0.1) is 19.8 Å². The fraction of sp³-hybridized carbons (Fsp3) is 0.500. The Labute approximate surface area is 158 Å². The van der Waals surface area contributed by atoms with Crippen molar-refractivity contribution in [1.82, 2.24) is 0 Å². The number of carboxylic acid groups (broad SMARTS) is 2. The lowest BCUT2D eigenvalue weighted by Crippen LogP contribution is -2.45. The Morgan fingerprint density at radius 2 is 1.33 bits per heavy atom. The number of nitrogens with zero attached hydrogens (tertiary/aromatic N) is 1. The summed E-state index contributed by atoms with van der Waals surface area (Å²) in [5.74, 6) is -3.42. The lowest BCUT2D eigenvalue weighted by Gasteiger charge is -2.26. The summed E-state index contributed by atoms with van der Waals surface area (Å²) in [6.07, 6.45) is -4.53. The number of carbonyl (C=O) groups excluding carboxylic acids is 1.